The summed E-state index contributed by atoms with van der Waals surface area (Å²) < 4.78 is 9.75. The predicted molar refractivity (Wildman–Crippen MR) is 149 cm³/mol. The summed E-state index contributed by atoms with van der Waals surface area (Å²) in [5, 5.41) is 0. The van der Waals surface area contributed by atoms with Crippen LogP contribution in [-0.2, 0) is 0 Å². The molecular formula is C27H58SSn2. The van der Waals surface area contributed by atoms with Gasteiger partial charge < -0.3 is 0 Å². The molecule has 30 heavy (non-hydrogen) atoms. The summed E-state index contributed by atoms with van der Waals surface area (Å²) in [6.07, 6.45) is 22.7. The molecule has 1 fully saturated rings. The first-order chi connectivity index (χ1) is 14.5. The van der Waals surface area contributed by atoms with Gasteiger partial charge in [0.1, 0.15) is 0 Å². The van der Waals surface area contributed by atoms with Gasteiger partial charge in [0.2, 0.25) is 0 Å². The third-order valence-corrected chi connectivity index (χ3v) is 129. The van der Waals surface area contributed by atoms with E-state index in [0.717, 1.165) is 4.75 Å². The summed E-state index contributed by atoms with van der Waals surface area (Å²) in [6, 6.07) is 0. The Kier molecular flexibility index (Phi) is 16.5. The van der Waals surface area contributed by atoms with Crippen LogP contribution in [0.2, 0.25) is 22.2 Å². The van der Waals surface area contributed by atoms with Crippen LogP contribution in [-0.4, -0.2) is 32.2 Å². The molecule has 0 amide bonds. The first kappa shape index (κ1) is 30.0. The molecule has 0 saturated carbocycles. The fraction of sp³-hybridized carbons (Fsp3) is 1.00. The molecule has 1 heterocycles. The number of hydrogen-bond acceptors (Lipinski definition) is 1. The molecule has 1 saturated heterocycles. The van der Waals surface area contributed by atoms with E-state index in [0.29, 0.717) is 0 Å². The van der Waals surface area contributed by atoms with Crippen molar-refractivity contribution in [2.45, 2.75) is 165 Å². The zero-order valence-electron chi connectivity index (χ0n) is 22.1. The third-order valence-electron chi connectivity index (χ3n) is 8.30. The fourth-order valence-corrected chi connectivity index (χ4v) is 149. The standard InChI is InChI=1S/C11H23S.4C4H9.2Sn/c1-4-7-9-11(12,6-3)10-8-5-2;4*1-3-4-2;;/h12H,3-10H2,1-2H3;4*1,3-4H2,2H3;;/q;;;;;;+1/p-1. The maximum absolute atomic E-state index is 2.90. The SMILES string of the molecule is CCCCC1(CCCC)C[CH2][Sn]([CH2]CCC)([CH2]CCC)[Sn]([CH2]CCC)([CH2]CCC)[S]1. The van der Waals surface area contributed by atoms with Crippen LogP contribution in [0.25, 0.3) is 0 Å². The number of hydrogen-bond donors (Lipinski definition) is 0. The molecular weight excluding hydrogens is 594 g/mol. The summed E-state index contributed by atoms with van der Waals surface area (Å²) in [5.74, 6) is 0. The van der Waals surface area contributed by atoms with Crippen LogP contribution < -0.4 is 0 Å². The van der Waals surface area contributed by atoms with Gasteiger partial charge in [0.15, 0.2) is 0 Å². The summed E-state index contributed by atoms with van der Waals surface area (Å²) in [5.41, 5.74) is 0. The van der Waals surface area contributed by atoms with Gasteiger partial charge in [0, 0.05) is 0 Å². The van der Waals surface area contributed by atoms with Crippen molar-refractivity contribution in [1.82, 2.24) is 0 Å². The van der Waals surface area contributed by atoms with E-state index in [1.165, 1.54) is 51.4 Å². The molecule has 1 aliphatic heterocycles. The first-order valence-electron chi connectivity index (χ1n) is 14.2. The Morgan fingerprint density at radius 2 is 0.967 bits per heavy atom. The van der Waals surface area contributed by atoms with Gasteiger partial charge in [-0.15, -0.1) is 0 Å². The molecule has 0 aromatic rings. The van der Waals surface area contributed by atoms with E-state index in [-0.39, 0.29) is 0 Å². The van der Waals surface area contributed by atoms with Crippen LogP contribution in [0.3, 0.4) is 0 Å². The molecule has 0 nitrogen and oxygen atoms in total. The fourth-order valence-electron chi connectivity index (χ4n) is 6.29. The molecule has 0 N–H and O–H groups in total. The van der Waals surface area contributed by atoms with Gasteiger partial charge in [0.25, 0.3) is 0 Å². The molecule has 3 heteroatoms. The second-order valence-corrected chi connectivity index (χ2v) is 84.4. The van der Waals surface area contributed by atoms with Crippen LogP contribution in [0.5, 0.6) is 0 Å². The Hall–Kier alpha value is 1.95. The molecule has 0 aliphatic carbocycles. The van der Waals surface area contributed by atoms with Crippen molar-refractivity contribution in [3.05, 3.63) is 0 Å². The quantitative estimate of drug-likeness (QED) is 0.133. The van der Waals surface area contributed by atoms with Crippen LogP contribution in [0.1, 0.15) is 138 Å². The van der Waals surface area contributed by atoms with Gasteiger partial charge in [0.05, 0.1) is 0 Å². The zero-order valence-corrected chi connectivity index (χ0v) is 28.6. The average Bonchev–Trinajstić information content (AvgIpc) is 2.77. The van der Waals surface area contributed by atoms with Crippen LogP contribution in [0.15, 0.2) is 0 Å². The van der Waals surface area contributed by atoms with Gasteiger partial charge >= 0.3 is 201 Å². The second-order valence-electron chi connectivity index (χ2n) is 10.7. The molecule has 0 aromatic heterocycles. The topological polar surface area (TPSA) is 0 Å². The summed E-state index contributed by atoms with van der Waals surface area (Å²) in [4.78, 5) is 0. The summed E-state index contributed by atoms with van der Waals surface area (Å²) >= 11 is -4.22. The Morgan fingerprint density at radius 1 is 0.567 bits per heavy atom. The van der Waals surface area contributed by atoms with Crippen molar-refractivity contribution in [2.24, 2.45) is 0 Å². The van der Waals surface area contributed by atoms with Gasteiger partial charge in [-0.05, 0) is 0 Å². The molecule has 0 atom stereocenters. The first-order valence-corrected chi connectivity index (χ1v) is 39.6. The third kappa shape index (κ3) is 8.62. The maximum atomic E-state index is 2.90. The molecule has 0 unspecified atom stereocenters. The van der Waals surface area contributed by atoms with E-state index in [9.17, 15) is 0 Å². The van der Waals surface area contributed by atoms with Gasteiger partial charge in [-0.2, -0.15) is 0 Å². The van der Waals surface area contributed by atoms with Crippen molar-refractivity contribution in [3.63, 3.8) is 0 Å². The molecule has 0 spiro atoms. The molecule has 1 rings (SSSR count). The normalized spacial score (nSPS) is 19.8. The van der Waals surface area contributed by atoms with E-state index in [1.807, 2.05) is 4.44 Å². The molecule has 0 bridgehead atoms. The second kappa shape index (κ2) is 16.6. The van der Waals surface area contributed by atoms with Gasteiger partial charge in [-0.25, -0.2) is 0 Å². The van der Waals surface area contributed by atoms with Crippen molar-refractivity contribution in [2.75, 3.05) is 0 Å². The Morgan fingerprint density at radius 3 is 1.37 bits per heavy atom. The van der Waals surface area contributed by atoms with Crippen LogP contribution in [0.4, 0.5) is 0 Å². The molecule has 1 aliphatic rings. The van der Waals surface area contributed by atoms with Crippen molar-refractivity contribution in [1.29, 1.82) is 0 Å². The van der Waals surface area contributed by atoms with Crippen molar-refractivity contribution in [3.8, 4) is 0 Å². The van der Waals surface area contributed by atoms with E-state index >= 15 is 0 Å². The zero-order chi connectivity index (χ0) is 22.3. The predicted octanol–water partition coefficient (Wildman–Crippen LogP) is 10.9. The average molecular weight is 652 g/mol. The minimum atomic E-state index is -2.18. The molecule has 0 radical (unpaired) electrons. The Balaban J connectivity index is 3.39. The van der Waals surface area contributed by atoms with E-state index < -0.39 is 27.5 Å². The van der Waals surface area contributed by atoms with E-state index in [4.69, 9.17) is 0 Å². The Labute approximate surface area is 199 Å². The minimum absolute atomic E-state index is 0.725. The van der Waals surface area contributed by atoms with Crippen molar-refractivity contribution >= 4 is 36.4 Å². The molecule has 180 valence electrons. The molecule has 0 aromatic carbocycles. The van der Waals surface area contributed by atoms with Crippen LogP contribution in [0, 0.1) is 0 Å². The number of unbranched alkanes of at least 4 members (excludes halogenated alkanes) is 6. The van der Waals surface area contributed by atoms with Gasteiger partial charge in [-0.3, -0.25) is 0 Å². The van der Waals surface area contributed by atoms with E-state index in [2.05, 4.69) is 50.5 Å². The van der Waals surface area contributed by atoms with Crippen LogP contribution >= 0.6 is 8.95 Å². The summed E-state index contributed by atoms with van der Waals surface area (Å²) in [7, 11) is 2.90. The van der Waals surface area contributed by atoms with E-state index in [1.54, 1.807) is 62.7 Å². The van der Waals surface area contributed by atoms with Gasteiger partial charge in [-0.1, -0.05) is 0 Å². The Bertz CT molecular complexity index is 399. The number of rotatable bonds is 18. The summed E-state index contributed by atoms with van der Waals surface area (Å²) in [6.45, 7) is 14.7. The van der Waals surface area contributed by atoms with Crippen molar-refractivity contribution < 1.29 is 0 Å². The monoisotopic (exact) mass is 654 g/mol.